The molecule has 0 spiro atoms. The zero-order valence-corrected chi connectivity index (χ0v) is 11.9. The van der Waals surface area contributed by atoms with Gasteiger partial charge in [0, 0.05) is 5.56 Å². The lowest BCUT2D eigenvalue weighted by molar-refractivity contribution is 0.0606. The number of hydrogen-bond donors (Lipinski definition) is 2. The number of ether oxygens (including phenoxy) is 1. The minimum Gasteiger partial charge on any atom is -0.465 e. The number of nitrogens with one attached hydrogen (secondary N) is 2. The van der Waals surface area contributed by atoms with E-state index in [0.717, 1.165) is 5.56 Å². The lowest BCUT2D eigenvalue weighted by Crippen LogP contribution is -2.29. The van der Waals surface area contributed by atoms with Crippen molar-refractivity contribution in [2.24, 2.45) is 0 Å². The average Bonchev–Trinajstić information content (AvgIpc) is 2.93. The van der Waals surface area contributed by atoms with Gasteiger partial charge < -0.3 is 4.74 Å². The van der Waals surface area contributed by atoms with Gasteiger partial charge in [-0.25, -0.2) is 4.79 Å². The fourth-order valence-electron chi connectivity index (χ4n) is 1.56. The van der Waals surface area contributed by atoms with E-state index in [9.17, 15) is 9.59 Å². The Morgan fingerprint density at radius 3 is 2.50 bits per heavy atom. The van der Waals surface area contributed by atoms with Gasteiger partial charge in [0.05, 0.1) is 12.8 Å². The first kappa shape index (κ1) is 14.1. The van der Waals surface area contributed by atoms with Crippen LogP contribution in [0.2, 0.25) is 0 Å². The number of methoxy groups -OCH3 is 1. The van der Waals surface area contributed by atoms with Gasteiger partial charge in [0.2, 0.25) is 0 Å². The summed E-state index contributed by atoms with van der Waals surface area (Å²) in [5, 5.41) is 1.74. The summed E-state index contributed by atoms with van der Waals surface area (Å²) in [5.74, 6) is -0.709. The first-order valence-electron chi connectivity index (χ1n) is 5.90. The number of thiophene rings is 1. The maximum absolute atomic E-state index is 11.9. The molecule has 20 heavy (non-hydrogen) atoms. The maximum atomic E-state index is 11.9. The highest BCUT2D eigenvalue weighted by Gasteiger charge is 2.14. The standard InChI is InChI=1S/C14H14N2O3S/c1-9-3-5-10(6-4-9)13(17)16-15-11-7-8-20-12(11)14(18)19-2/h3-8,15H,1-2H3,(H,16,17). The van der Waals surface area contributed by atoms with Crippen molar-refractivity contribution in [1.82, 2.24) is 5.43 Å². The summed E-state index contributed by atoms with van der Waals surface area (Å²) in [7, 11) is 1.32. The molecule has 1 heterocycles. The first-order valence-corrected chi connectivity index (χ1v) is 6.78. The van der Waals surface area contributed by atoms with Crippen LogP contribution in [0.15, 0.2) is 35.7 Å². The summed E-state index contributed by atoms with van der Waals surface area (Å²) < 4.78 is 4.66. The van der Waals surface area contributed by atoms with E-state index >= 15 is 0 Å². The van der Waals surface area contributed by atoms with Crippen LogP contribution >= 0.6 is 11.3 Å². The Labute approximate surface area is 120 Å². The second kappa shape index (κ2) is 6.21. The highest BCUT2D eigenvalue weighted by Crippen LogP contribution is 2.22. The molecule has 0 saturated carbocycles. The summed E-state index contributed by atoms with van der Waals surface area (Å²) in [4.78, 5) is 23.8. The SMILES string of the molecule is COC(=O)c1sccc1NNC(=O)c1ccc(C)cc1. The molecule has 1 aromatic heterocycles. The van der Waals surface area contributed by atoms with Crippen LogP contribution in [0, 0.1) is 6.92 Å². The van der Waals surface area contributed by atoms with E-state index in [-0.39, 0.29) is 5.91 Å². The third kappa shape index (κ3) is 3.16. The molecule has 0 aliphatic carbocycles. The molecule has 0 radical (unpaired) electrons. The molecule has 1 aromatic carbocycles. The molecular weight excluding hydrogens is 276 g/mol. The van der Waals surface area contributed by atoms with Gasteiger partial charge >= 0.3 is 5.97 Å². The fraction of sp³-hybridized carbons (Fsp3) is 0.143. The Kier molecular flexibility index (Phi) is 4.37. The third-order valence-electron chi connectivity index (χ3n) is 2.66. The largest absolute Gasteiger partial charge is 0.465 e. The molecule has 0 aliphatic rings. The van der Waals surface area contributed by atoms with Gasteiger partial charge in [-0.05, 0) is 30.5 Å². The first-order chi connectivity index (χ1) is 9.61. The van der Waals surface area contributed by atoms with E-state index in [4.69, 9.17) is 0 Å². The monoisotopic (exact) mass is 290 g/mol. The molecule has 5 nitrogen and oxygen atoms in total. The molecular formula is C14H14N2O3S. The van der Waals surface area contributed by atoms with Crippen LogP contribution in [0.5, 0.6) is 0 Å². The number of anilines is 1. The molecule has 104 valence electrons. The lowest BCUT2D eigenvalue weighted by atomic mass is 10.1. The van der Waals surface area contributed by atoms with Crippen molar-refractivity contribution in [3.63, 3.8) is 0 Å². The number of benzene rings is 1. The molecule has 2 rings (SSSR count). The second-order valence-corrected chi connectivity index (χ2v) is 5.02. The van der Waals surface area contributed by atoms with Gasteiger partial charge in [-0.1, -0.05) is 17.7 Å². The van der Waals surface area contributed by atoms with Crippen molar-refractivity contribution in [1.29, 1.82) is 0 Å². The number of carbonyl (C=O) groups is 2. The minimum absolute atomic E-state index is 0.271. The molecule has 1 amide bonds. The number of aryl methyl sites for hydroxylation is 1. The predicted octanol–water partition coefficient (Wildman–Crippen LogP) is 2.60. The van der Waals surface area contributed by atoms with E-state index in [2.05, 4.69) is 15.6 Å². The van der Waals surface area contributed by atoms with Crippen molar-refractivity contribution in [3.8, 4) is 0 Å². The Morgan fingerprint density at radius 1 is 1.15 bits per heavy atom. The van der Waals surface area contributed by atoms with Crippen molar-refractivity contribution in [2.75, 3.05) is 12.5 Å². The zero-order chi connectivity index (χ0) is 14.5. The van der Waals surface area contributed by atoms with Gasteiger partial charge in [0.25, 0.3) is 5.91 Å². The van der Waals surface area contributed by atoms with E-state index in [1.165, 1.54) is 18.4 Å². The van der Waals surface area contributed by atoms with Crippen LogP contribution in [-0.2, 0) is 4.74 Å². The van der Waals surface area contributed by atoms with Crippen LogP contribution in [-0.4, -0.2) is 19.0 Å². The number of hydrazine groups is 1. The summed E-state index contributed by atoms with van der Waals surface area (Å²) in [6.45, 7) is 1.95. The summed E-state index contributed by atoms with van der Waals surface area (Å²) in [6, 6.07) is 8.90. The topological polar surface area (TPSA) is 67.4 Å². The van der Waals surface area contributed by atoms with E-state index in [1.54, 1.807) is 23.6 Å². The fourth-order valence-corrected chi connectivity index (χ4v) is 2.33. The van der Waals surface area contributed by atoms with Gasteiger partial charge in [-0.15, -0.1) is 11.3 Å². The van der Waals surface area contributed by atoms with Crippen LogP contribution in [0.25, 0.3) is 0 Å². The highest BCUT2D eigenvalue weighted by atomic mass is 32.1. The third-order valence-corrected chi connectivity index (χ3v) is 3.55. The maximum Gasteiger partial charge on any atom is 0.350 e. The van der Waals surface area contributed by atoms with E-state index in [1.807, 2.05) is 19.1 Å². The molecule has 0 unspecified atom stereocenters. The Hall–Kier alpha value is -2.34. The van der Waals surface area contributed by atoms with Gasteiger partial charge in [-0.2, -0.15) is 0 Å². The van der Waals surface area contributed by atoms with Gasteiger partial charge in [0.1, 0.15) is 4.88 Å². The summed E-state index contributed by atoms with van der Waals surface area (Å²) >= 11 is 1.24. The molecule has 0 aliphatic heterocycles. The number of carbonyl (C=O) groups excluding carboxylic acids is 2. The molecule has 2 N–H and O–H groups in total. The molecule has 0 bridgehead atoms. The quantitative estimate of drug-likeness (QED) is 0.671. The Morgan fingerprint density at radius 2 is 1.85 bits per heavy atom. The van der Waals surface area contributed by atoms with E-state index in [0.29, 0.717) is 16.1 Å². The minimum atomic E-state index is -0.438. The lowest BCUT2D eigenvalue weighted by Gasteiger charge is -2.08. The van der Waals surface area contributed by atoms with Crippen molar-refractivity contribution < 1.29 is 14.3 Å². The summed E-state index contributed by atoms with van der Waals surface area (Å²) in [6.07, 6.45) is 0. The predicted molar refractivity (Wildman–Crippen MR) is 77.9 cm³/mol. The highest BCUT2D eigenvalue weighted by molar-refractivity contribution is 7.12. The number of amides is 1. The van der Waals surface area contributed by atoms with Crippen molar-refractivity contribution in [2.45, 2.75) is 6.92 Å². The van der Waals surface area contributed by atoms with Crippen LogP contribution in [0.3, 0.4) is 0 Å². The van der Waals surface area contributed by atoms with Gasteiger partial charge in [0.15, 0.2) is 0 Å². The molecule has 2 aromatic rings. The van der Waals surface area contributed by atoms with Crippen molar-refractivity contribution >= 4 is 28.9 Å². The molecule has 6 heteroatoms. The normalized spacial score (nSPS) is 9.90. The zero-order valence-electron chi connectivity index (χ0n) is 11.1. The van der Waals surface area contributed by atoms with Crippen LogP contribution in [0.1, 0.15) is 25.6 Å². The molecule has 0 fully saturated rings. The van der Waals surface area contributed by atoms with Crippen LogP contribution in [0.4, 0.5) is 5.69 Å². The van der Waals surface area contributed by atoms with Gasteiger partial charge in [-0.3, -0.25) is 15.6 Å². The smallest absolute Gasteiger partial charge is 0.350 e. The molecule has 0 saturated heterocycles. The Bertz CT molecular complexity index is 620. The van der Waals surface area contributed by atoms with Crippen LogP contribution < -0.4 is 10.9 Å². The number of esters is 1. The second-order valence-electron chi connectivity index (χ2n) is 4.10. The molecule has 0 atom stereocenters. The Balaban J connectivity index is 2.02. The number of hydrogen-bond acceptors (Lipinski definition) is 5. The average molecular weight is 290 g/mol. The number of rotatable bonds is 4. The summed E-state index contributed by atoms with van der Waals surface area (Å²) in [5.41, 5.74) is 7.42. The van der Waals surface area contributed by atoms with Crippen molar-refractivity contribution in [3.05, 3.63) is 51.7 Å². The van der Waals surface area contributed by atoms with E-state index < -0.39 is 5.97 Å².